The fourth-order valence-corrected chi connectivity index (χ4v) is 1.38. The first kappa shape index (κ1) is 13.5. The molecule has 1 aromatic carbocycles. The molecule has 1 rings (SSSR count). The van der Waals surface area contributed by atoms with Gasteiger partial charge in [0.15, 0.2) is 0 Å². The largest absolute Gasteiger partial charge is 0.494 e. The molecule has 1 aromatic rings. The molecule has 1 amide bonds. The predicted molar refractivity (Wildman–Crippen MR) is 65.7 cm³/mol. The highest BCUT2D eigenvalue weighted by atomic mass is 16.7. The zero-order valence-electron chi connectivity index (χ0n) is 10.6. The quantitative estimate of drug-likeness (QED) is 0.562. The van der Waals surface area contributed by atoms with Crippen LogP contribution in [0.25, 0.3) is 0 Å². The second-order valence-electron chi connectivity index (χ2n) is 3.84. The fraction of sp³-hybridized carbons (Fsp3) is 0.462. The van der Waals surface area contributed by atoms with Gasteiger partial charge in [-0.3, -0.25) is 9.63 Å². The number of hydroxylamine groups is 2. The molecule has 4 nitrogen and oxygen atoms in total. The zero-order valence-corrected chi connectivity index (χ0v) is 10.6. The fourth-order valence-electron chi connectivity index (χ4n) is 1.38. The molecule has 0 saturated carbocycles. The van der Waals surface area contributed by atoms with Gasteiger partial charge in [0.05, 0.1) is 13.7 Å². The number of benzene rings is 1. The first-order valence-electron chi connectivity index (χ1n) is 5.63. The van der Waals surface area contributed by atoms with Gasteiger partial charge in [-0.2, -0.15) is 0 Å². The maximum Gasteiger partial charge on any atom is 0.245 e. The lowest BCUT2D eigenvalue weighted by molar-refractivity contribution is -0.168. The molecule has 0 N–H and O–H groups in total. The van der Waals surface area contributed by atoms with Crippen molar-refractivity contribution in [3.63, 3.8) is 0 Å². The average molecular weight is 237 g/mol. The SMILES string of the molecule is CON(C)C(=O)CCCOc1cccc(C)c1. The van der Waals surface area contributed by atoms with Crippen molar-refractivity contribution in [1.29, 1.82) is 0 Å². The monoisotopic (exact) mass is 237 g/mol. The van der Waals surface area contributed by atoms with E-state index in [0.29, 0.717) is 19.4 Å². The standard InChI is InChI=1S/C13H19NO3/c1-11-6-4-7-12(10-11)17-9-5-8-13(15)14(2)16-3/h4,6-7,10H,5,8-9H2,1-3H3. The van der Waals surface area contributed by atoms with E-state index in [1.54, 1.807) is 7.05 Å². The summed E-state index contributed by atoms with van der Waals surface area (Å²) in [4.78, 5) is 16.2. The number of ether oxygens (including phenoxy) is 1. The zero-order chi connectivity index (χ0) is 12.7. The molecule has 0 aliphatic carbocycles. The molecule has 4 heteroatoms. The summed E-state index contributed by atoms with van der Waals surface area (Å²) in [6, 6.07) is 7.86. The number of amides is 1. The van der Waals surface area contributed by atoms with Gasteiger partial charge in [0, 0.05) is 13.5 Å². The Morgan fingerprint density at radius 1 is 1.41 bits per heavy atom. The Balaban J connectivity index is 2.22. The van der Waals surface area contributed by atoms with Gasteiger partial charge in [-0.1, -0.05) is 12.1 Å². The van der Waals surface area contributed by atoms with E-state index in [1.807, 2.05) is 31.2 Å². The molecule has 0 fully saturated rings. The van der Waals surface area contributed by atoms with E-state index in [-0.39, 0.29) is 5.91 Å². The Hall–Kier alpha value is -1.55. The Morgan fingerprint density at radius 3 is 2.82 bits per heavy atom. The van der Waals surface area contributed by atoms with Crippen LogP contribution in [0.15, 0.2) is 24.3 Å². The van der Waals surface area contributed by atoms with Crippen LogP contribution < -0.4 is 4.74 Å². The van der Waals surface area contributed by atoms with Crippen molar-refractivity contribution in [3.05, 3.63) is 29.8 Å². The van der Waals surface area contributed by atoms with E-state index in [2.05, 4.69) is 0 Å². The molecule has 0 heterocycles. The van der Waals surface area contributed by atoms with Gasteiger partial charge >= 0.3 is 0 Å². The van der Waals surface area contributed by atoms with Crippen LogP contribution in [0.1, 0.15) is 18.4 Å². The number of hydrogen-bond donors (Lipinski definition) is 0. The summed E-state index contributed by atoms with van der Waals surface area (Å²) in [7, 11) is 3.07. The van der Waals surface area contributed by atoms with Crippen molar-refractivity contribution in [2.24, 2.45) is 0 Å². The molecule has 0 saturated heterocycles. The van der Waals surface area contributed by atoms with Crippen molar-refractivity contribution in [3.8, 4) is 5.75 Å². The molecule has 0 aliphatic heterocycles. The van der Waals surface area contributed by atoms with Crippen molar-refractivity contribution < 1.29 is 14.4 Å². The van der Waals surface area contributed by atoms with Gasteiger partial charge in [0.2, 0.25) is 5.91 Å². The van der Waals surface area contributed by atoms with Crippen LogP contribution in [0.2, 0.25) is 0 Å². The van der Waals surface area contributed by atoms with Crippen LogP contribution in [0.4, 0.5) is 0 Å². The summed E-state index contributed by atoms with van der Waals surface area (Å²) in [5, 5.41) is 1.23. The second-order valence-corrected chi connectivity index (χ2v) is 3.84. The van der Waals surface area contributed by atoms with Gasteiger partial charge in [-0.05, 0) is 31.0 Å². The van der Waals surface area contributed by atoms with E-state index in [0.717, 1.165) is 11.3 Å². The summed E-state index contributed by atoms with van der Waals surface area (Å²) < 4.78 is 5.54. The first-order valence-corrected chi connectivity index (χ1v) is 5.63. The maximum atomic E-state index is 11.4. The van der Waals surface area contributed by atoms with E-state index >= 15 is 0 Å². The molecule has 0 spiro atoms. The van der Waals surface area contributed by atoms with Gasteiger partial charge in [0.1, 0.15) is 5.75 Å². The van der Waals surface area contributed by atoms with Gasteiger partial charge in [-0.25, -0.2) is 5.06 Å². The van der Waals surface area contributed by atoms with Crippen LogP contribution in [0, 0.1) is 6.92 Å². The predicted octanol–water partition coefficient (Wildman–Crippen LogP) is 2.17. The van der Waals surface area contributed by atoms with E-state index in [4.69, 9.17) is 9.57 Å². The van der Waals surface area contributed by atoms with E-state index in [9.17, 15) is 4.79 Å². The molecule has 0 bridgehead atoms. The van der Waals surface area contributed by atoms with E-state index in [1.165, 1.54) is 12.2 Å². The number of aryl methyl sites for hydroxylation is 1. The number of hydrogen-bond acceptors (Lipinski definition) is 3. The number of rotatable bonds is 6. The molecule has 0 radical (unpaired) electrons. The Kier molecular flexibility index (Phi) is 5.49. The Bertz CT molecular complexity index is 365. The van der Waals surface area contributed by atoms with Crippen molar-refractivity contribution in [1.82, 2.24) is 5.06 Å². The topological polar surface area (TPSA) is 38.8 Å². The third-order valence-electron chi connectivity index (χ3n) is 2.42. The minimum Gasteiger partial charge on any atom is -0.494 e. The maximum absolute atomic E-state index is 11.4. The van der Waals surface area contributed by atoms with Gasteiger partial charge in [0.25, 0.3) is 0 Å². The minimum atomic E-state index is -0.0413. The highest BCUT2D eigenvalue weighted by molar-refractivity contribution is 5.74. The molecule has 0 aliphatic rings. The first-order chi connectivity index (χ1) is 8.13. The van der Waals surface area contributed by atoms with E-state index < -0.39 is 0 Å². The summed E-state index contributed by atoms with van der Waals surface area (Å²) in [6.45, 7) is 2.55. The van der Waals surface area contributed by atoms with Crippen molar-refractivity contribution in [2.75, 3.05) is 20.8 Å². The average Bonchev–Trinajstić information content (AvgIpc) is 2.33. The number of carbonyl (C=O) groups is 1. The van der Waals surface area contributed by atoms with Crippen molar-refractivity contribution in [2.45, 2.75) is 19.8 Å². The summed E-state index contributed by atoms with van der Waals surface area (Å²) in [6.07, 6.45) is 1.11. The summed E-state index contributed by atoms with van der Waals surface area (Å²) in [5.41, 5.74) is 1.16. The molecule has 0 aromatic heterocycles. The van der Waals surface area contributed by atoms with Crippen LogP contribution >= 0.6 is 0 Å². The highest BCUT2D eigenvalue weighted by Crippen LogP contribution is 2.12. The minimum absolute atomic E-state index is 0.0413. The van der Waals surface area contributed by atoms with Gasteiger partial charge in [-0.15, -0.1) is 0 Å². The molecular formula is C13H19NO3. The van der Waals surface area contributed by atoms with Crippen molar-refractivity contribution >= 4 is 5.91 Å². The number of carbonyl (C=O) groups excluding carboxylic acids is 1. The lowest BCUT2D eigenvalue weighted by Crippen LogP contribution is -2.25. The highest BCUT2D eigenvalue weighted by Gasteiger charge is 2.06. The molecule has 94 valence electrons. The Morgan fingerprint density at radius 2 is 2.18 bits per heavy atom. The summed E-state index contributed by atoms with van der Waals surface area (Å²) >= 11 is 0. The number of nitrogens with zero attached hydrogens (tertiary/aromatic N) is 1. The van der Waals surface area contributed by atoms with Crippen LogP contribution in [0.5, 0.6) is 5.75 Å². The third kappa shape index (κ3) is 4.87. The third-order valence-corrected chi connectivity index (χ3v) is 2.42. The molecular weight excluding hydrogens is 218 g/mol. The smallest absolute Gasteiger partial charge is 0.245 e. The summed E-state index contributed by atoms with van der Waals surface area (Å²) in [5.74, 6) is 0.804. The van der Waals surface area contributed by atoms with Crippen LogP contribution in [0.3, 0.4) is 0 Å². The van der Waals surface area contributed by atoms with Crippen LogP contribution in [-0.2, 0) is 9.63 Å². The normalized spacial score (nSPS) is 10.1. The Labute approximate surface area is 102 Å². The molecule has 0 unspecified atom stereocenters. The van der Waals surface area contributed by atoms with Gasteiger partial charge < -0.3 is 4.74 Å². The second kappa shape index (κ2) is 6.91. The van der Waals surface area contributed by atoms with Crippen LogP contribution in [-0.4, -0.2) is 31.7 Å². The molecule has 17 heavy (non-hydrogen) atoms. The molecule has 0 atom stereocenters. The lowest BCUT2D eigenvalue weighted by Gasteiger charge is -2.13. The lowest BCUT2D eigenvalue weighted by atomic mass is 10.2.